The number of rotatable bonds is 4. The van der Waals surface area contributed by atoms with Gasteiger partial charge in [-0.15, -0.1) is 0 Å². The predicted octanol–water partition coefficient (Wildman–Crippen LogP) is 2.30. The summed E-state index contributed by atoms with van der Waals surface area (Å²) in [5.74, 6) is 0. The lowest BCUT2D eigenvalue weighted by Gasteiger charge is -2.23. The Balaban J connectivity index is 2.86. The second-order valence-corrected chi connectivity index (χ2v) is 6.33. The monoisotopic (exact) mass is 261 g/mol. The van der Waals surface area contributed by atoms with Crippen LogP contribution < -0.4 is 5.32 Å². The number of aliphatic hydroxyl groups excluding tert-OH is 1. The van der Waals surface area contributed by atoms with Crippen LogP contribution in [0.3, 0.4) is 0 Å². The maximum absolute atomic E-state index is 10.1. The summed E-state index contributed by atoms with van der Waals surface area (Å²) in [7, 11) is 0. The SMILES string of the molecule is CC(C)(C)NC[C@H](O)c1cccc(C(C)(C)C#N)n1. The van der Waals surface area contributed by atoms with Crippen molar-refractivity contribution in [3.05, 3.63) is 29.6 Å². The molecule has 1 rings (SSSR count). The molecular formula is C15H23N3O. The lowest BCUT2D eigenvalue weighted by atomic mass is 9.90. The van der Waals surface area contributed by atoms with E-state index in [1.54, 1.807) is 6.07 Å². The molecule has 0 fully saturated rings. The lowest BCUT2D eigenvalue weighted by molar-refractivity contribution is 0.158. The van der Waals surface area contributed by atoms with Crippen LogP contribution in [0.1, 0.15) is 52.1 Å². The third-order valence-electron chi connectivity index (χ3n) is 2.86. The van der Waals surface area contributed by atoms with Crippen LogP contribution in [-0.2, 0) is 5.41 Å². The topological polar surface area (TPSA) is 68.9 Å². The molecule has 0 saturated heterocycles. The highest BCUT2D eigenvalue weighted by atomic mass is 16.3. The first kappa shape index (κ1) is 15.6. The van der Waals surface area contributed by atoms with Crippen molar-refractivity contribution in [2.45, 2.75) is 51.7 Å². The van der Waals surface area contributed by atoms with Crippen molar-refractivity contribution >= 4 is 0 Å². The molecule has 1 atom stereocenters. The fourth-order valence-corrected chi connectivity index (χ4v) is 1.55. The molecule has 1 aromatic rings. The number of aliphatic hydroxyl groups is 1. The van der Waals surface area contributed by atoms with E-state index in [2.05, 4.69) is 16.4 Å². The number of nitrogens with one attached hydrogen (secondary N) is 1. The summed E-state index contributed by atoms with van der Waals surface area (Å²) < 4.78 is 0. The fraction of sp³-hybridized carbons (Fsp3) is 0.600. The summed E-state index contributed by atoms with van der Waals surface area (Å²) in [6.45, 7) is 10.2. The van der Waals surface area contributed by atoms with Crippen molar-refractivity contribution in [3.8, 4) is 6.07 Å². The van der Waals surface area contributed by atoms with Crippen molar-refractivity contribution in [2.75, 3.05) is 6.54 Å². The predicted molar refractivity (Wildman–Crippen MR) is 75.6 cm³/mol. The summed E-state index contributed by atoms with van der Waals surface area (Å²) in [6.07, 6.45) is -0.673. The Morgan fingerprint density at radius 3 is 2.47 bits per heavy atom. The average Bonchev–Trinajstić information content (AvgIpc) is 2.35. The van der Waals surface area contributed by atoms with E-state index in [4.69, 9.17) is 5.26 Å². The molecule has 104 valence electrons. The highest BCUT2D eigenvalue weighted by Gasteiger charge is 2.23. The van der Waals surface area contributed by atoms with Crippen molar-refractivity contribution in [1.29, 1.82) is 5.26 Å². The van der Waals surface area contributed by atoms with Gasteiger partial charge in [0, 0.05) is 12.1 Å². The van der Waals surface area contributed by atoms with E-state index in [1.165, 1.54) is 0 Å². The third-order valence-corrected chi connectivity index (χ3v) is 2.86. The van der Waals surface area contributed by atoms with Crippen LogP contribution in [-0.4, -0.2) is 22.2 Å². The van der Waals surface area contributed by atoms with E-state index in [0.29, 0.717) is 17.9 Å². The van der Waals surface area contributed by atoms with Gasteiger partial charge in [-0.1, -0.05) is 6.07 Å². The van der Waals surface area contributed by atoms with Gasteiger partial charge in [-0.3, -0.25) is 4.98 Å². The van der Waals surface area contributed by atoms with Crippen LogP contribution >= 0.6 is 0 Å². The van der Waals surface area contributed by atoms with Gasteiger partial charge in [0.05, 0.1) is 22.9 Å². The molecule has 1 heterocycles. The zero-order valence-electron chi connectivity index (χ0n) is 12.4. The van der Waals surface area contributed by atoms with Gasteiger partial charge < -0.3 is 10.4 Å². The first-order valence-corrected chi connectivity index (χ1v) is 6.47. The summed E-state index contributed by atoms with van der Waals surface area (Å²) >= 11 is 0. The largest absolute Gasteiger partial charge is 0.385 e. The summed E-state index contributed by atoms with van der Waals surface area (Å²) in [5, 5.41) is 22.5. The Morgan fingerprint density at radius 2 is 1.95 bits per heavy atom. The maximum Gasteiger partial charge on any atom is 0.108 e. The summed E-state index contributed by atoms with van der Waals surface area (Å²) in [4.78, 5) is 4.40. The van der Waals surface area contributed by atoms with Crippen LogP contribution in [0.15, 0.2) is 18.2 Å². The normalized spacial score (nSPS) is 13.9. The first-order chi connectivity index (χ1) is 8.65. The van der Waals surface area contributed by atoms with Crippen LogP contribution in [0.25, 0.3) is 0 Å². The minimum Gasteiger partial charge on any atom is -0.385 e. The number of hydrogen-bond acceptors (Lipinski definition) is 4. The number of aromatic nitrogens is 1. The molecule has 0 aliphatic carbocycles. The molecule has 4 nitrogen and oxygen atoms in total. The molecule has 2 N–H and O–H groups in total. The molecular weight excluding hydrogens is 238 g/mol. The number of pyridine rings is 1. The number of β-amino-alcohol motifs (C(OH)–C–C–N with tert-alkyl or cyclic N) is 1. The molecule has 1 aromatic heterocycles. The van der Waals surface area contributed by atoms with Gasteiger partial charge >= 0.3 is 0 Å². The Hall–Kier alpha value is -1.44. The number of nitrogens with zero attached hydrogens (tertiary/aromatic N) is 2. The van der Waals surface area contributed by atoms with Crippen LogP contribution in [0.4, 0.5) is 0 Å². The van der Waals surface area contributed by atoms with Crippen molar-refractivity contribution in [2.24, 2.45) is 0 Å². The van der Waals surface area contributed by atoms with E-state index in [0.717, 1.165) is 0 Å². The maximum atomic E-state index is 10.1. The molecule has 0 aliphatic rings. The summed E-state index contributed by atoms with van der Waals surface area (Å²) in [6, 6.07) is 7.65. The lowest BCUT2D eigenvalue weighted by Crippen LogP contribution is -2.38. The van der Waals surface area contributed by atoms with E-state index in [1.807, 2.05) is 46.8 Å². The van der Waals surface area contributed by atoms with E-state index >= 15 is 0 Å². The smallest absolute Gasteiger partial charge is 0.108 e. The van der Waals surface area contributed by atoms with E-state index < -0.39 is 11.5 Å². The van der Waals surface area contributed by atoms with Crippen LogP contribution in [0.5, 0.6) is 0 Å². The quantitative estimate of drug-likeness (QED) is 0.872. The fourth-order valence-electron chi connectivity index (χ4n) is 1.55. The zero-order valence-corrected chi connectivity index (χ0v) is 12.4. The molecule has 0 amide bonds. The van der Waals surface area contributed by atoms with Gasteiger partial charge in [0.25, 0.3) is 0 Å². The van der Waals surface area contributed by atoms with Crippen molar-refractivity contribution in [1.82, 2.24) is 10.3 Å². The molecule has 0 radical (unpaired) electrons. The molecule has 0 saturated carbocycles. The highest BCUT2D eigenvalue weighted by Crippen LogP contribution is 2.21. The van der Waals surface area contributed by atoms with Crippen molar-refractivity contribution in [3.63, 3.8) is 0 Å². The van der Waals surface area contributed by atoms with E-state index in [9.17, 15) is 5.11 Å². The van der Waals surface area contributed by atoms with Gasteiger partial charge in [-0.05, 0) is 46.8 Å². The average molecular weight is 261 g/mol. The van der Waals surface area contributed by atoms with Gasteiger partial charge in [-0.25, -0.2) is 0 Å². The second kappa shape index (κ2) is 5.68. The number of nitriles is 1. The Kier molecular flexibility index (Phi) is 4.67. The van der Waals surface area contributed by atoms with Gasteiger partial charge in [0.15, 0.2) is 0 Å². The van der Waals surface area contributed by atoms with Crippen LogP contribution in [0.2, 0.25) is 0 Å². The zero-order chi connectivity index (χ0) is 14.7. The Labute approximate surface area is 115 Å². The molecule has 0 aliphatic heterocycles. The van der Waals surface area contributed by atoms with Crippen LogP contribution in [0, 0.1) is 11.3 Å². The molecule has 0 aromatic carbocycles. The van der Waals surface area contributed by atoms with Gasteiger partial charge in [0.1, 0.15) is 6.10 Å². The molecule has 4 heteroatoms. The second-order valence-electron chi connectivity index (χ2n) is 6.33. The standard InChI is InChI=1S/C15H23N3O/c1-14(2,3)17-9-12(19)11-7-6-8-13(18-11)15(4,5)10-16/h6-8,12,17,19H,9H2,1-5H3/t12-/m0/s1. The first-order valence-electron chi connectivity index (χ1n) is 6.47. The molecule has 0 unspecified atom stereocenters. The van der Waals surface area contributed by atoms with E-state index in [-0.39, 0.29) is 5.54 Å². The molecule has 0 bridgehead atoms. The minimum absolute atomic E-state index is 0.0511. The minimum atomic E-state index is -0.673. The van der Waals surface area contributed by atoms with Crippen molar-refractivity contribution < 1.29 is 5.11 Å². The highest BCUT2D eigenvalue weighted by molar-refractivity contribution is 5.25. The Morgan fingerprint density at radius 1 is 1.32 bits per heavy atom. The third kappa shape index (κ3) is 4.62. The number of hydrogen-bond donors (Lipinski definition) is 2. The molecule has 0 spiro atoms. The Bertz CT molecular complexity index is 469. The summed E-state index contributed by atoms with van der Waals surface area (Å²) in [5.41, 5.74) is 0.581. The molecule has 19 heavy (non-hydrogen) atoms. The van der Waals surface area contributed by atoms with Gasteiger partial charge in [-0.2, -0.15) is 5.26 Å². The van der Waals surface area contributed by atoms with Gasteiger partial charge in [0.2, 0.25) is 0 Å².